The molecule has 6 nitrogen and oxygen atoms in total. The van der Waals surface area contributed by atoms with Gasteiger partial charge in [0.05, 0.1) is 19.2 Å². The maximum absolute atomic E-state index is 12.7. The molecule has 0 fully saturated rings. The van der Waals surface area contributed by atoms with Crippen LogP contribution in [0.4, 0.5) is 0 Å². The van der Waals surface area contributed by atoms with Gasteiger partial charge in [0.1, 0.15) is 11.5 Å². The Morgan fingerprint density at radius 3 is 2.48 bits per heavy atom. The molecule has 2 aromatic carbocycles. The second-order valence-corrected chi connectivity index (χ2v) is 5.64. The smallest absolute Gasteiger partial charge is 0.270 e. The number of carbonyl (C=O) groups excluding carboxylic acids is 3. The predicted octanol–water partition coefficient (Wildman–Crippen LogP) is 2.33. The number of Topliss-reactive ketones (excluding diaryl/α,β-unsaturated/α-hetero) is 1. The Morgan fingerprint density at radius 1 is 1.12 bits per heavy atom. The minimum atomic E-state index is -0.851. The van der Waals surface area contributed by atoms with Crippen LogP contribution in [-0.2, 0) is 4.79 Å². The van der Waals surface area contributed by atoms with E-state index < -0.39 is 17.9 Å². The average molecular weight is 339 g/mol. The first-order valence-electron chi connectivity index (χ1n) is 7.80. The third-order valence-corrected chi connectivity index (χ3v) is 3.99. The van der Waals surface area contributed by atoms with Crippen LogP contribution in [0.25, 0.3) is 0 Å². The Balaban J connectivity index is 1.88. The van der Waals surface area contributed by atoms with E-state index >= 15 is 0 Å². The molecule has 0 N–H and O–H groups in total. The van der Waals surface area contributed by atoms with Gasteiger partial charge in [0, 0.05) is 5.56 Å². The van der Waals surface area contributed by atoms with Crippen LogP contribution in [0.1, 0.15) is 27.6 Å². The minimum Gasteiger partial charge on any atom is -0.497 e. The number of hydrogen-bond acceptors (Lipinski definition) is 5. The maximum atomic E-state index is 12.7. The van der Waals surface area contributed by atoms with Gasteiger partial charge in [0.2, 0.25) is 0 Å². The van der Waals surface area contributed by atoms with Gasteiger partial charge in [0.25, 0.3) is 11.8 Å². The number of carbonyl (C=O) groups is 3. The molecule has 0 saturated carbocycles. The molecule has 2 amide bonds. The summed E-state index contributed by atoms with van der Waals surface area (Å²) in [7, 11) is 1.53. The van der Waals surface area contributed by atoms with Crippen LogP contribution in [0.2, 0.25) is 0 Å². The fourth-order valence-electron chi connectivity index (χ4n) is 2.61. The van der Waals surface area contributed by atoms with Crippen molar-refractivity contribution in [3.05, 3.63) is 59.7 Å². The molecule has 0 radical (unpaired) electrons. The molecule has 1 aliphatic rings. The molecule has 6 heteroatoms. The van der Waals surface area contributed by atoms with Crippen molar-refractivity contribution in [3.8, 4) is 11.5 Å². The SMILES string of the molecule is COc1ccc(C(=O)CN2C(=O)c3ccccc3O[C@H](C)C2=O)cc1. The summed E-state index contributed by atoms with van der Waals surface area (Å²) in [6.07, 6.45) is -0.851. The van der Waals surface area contributed by atoms with E-state index in [4.69, 9.17) is 9.47 Å². The molecule has 0 aromatic heterocycles. The Kier molecular flexibility index (Phi) is 4.52. The van der Waals surface area contributed by atoms with Crippen molar-refractivity contribution in [3.63, 3.8) is 0 Å². The van der Waals surface area contributed by atoms with Gasteiger partial charge in [0.15, 0.2) is 11.9 Å². The van der Waals surface area contributed by atoms with Crippen LogP contribution in [-0.4, -0.2) is 42.3 Å². The molecule has 1 heterocycles. The number of rotatable bonds is 4. The average Bonchev–Trinajstić information content (AvgIpc) is 2.72. The number of methoxy groups -OCH3 is 1. The summed E-state index contributed by atoms with van der Waals surface area (Å²) >= 11 is 0. The molecule has 0 unspecified atom stereocenters. The Bertz CT molecular complexity index is 828. The van der Waals surface area contributed by atoms with Crippen LogP contribution in [0.15, 0.2) is 48.5 Å². The van der Waals surface area contributed by atoms with E-state index in [0.29, 0.717) is 17.1 Å². The predicted molar refractivity (Wildman–Crippen MR) is 89.9 cm³/mol. The number of amides is 2. The van der Waals surface area contributed by atoms with Gasteiger partial charge in [-0.15, -0.1) is 0 Å². The number of benzene rings is 2. The van der Waals surface area contributed by atoms with E-state index in [-0.39, 0.29) is 17.9 Å². The number of imide groups is 1. The third-order valence-electron chi connectivity index (χ3n) is 3.99. The van der Waals surface area contributed by atoms with Gasteiger partial charge < -0.3 is 9.47 Å². The molecule has 0 aliphatic carbocycles. The van der Waals surface area contributed by atoms with Gasteiger partial charge in [-0.3, -0.25) is 19.3 Å². The lowest BCUT2D eigenvalue weighted by Gasteiger charge is -2.19. The molecule has 3 rings (SSSR count). The lowest BCUT2D eigenvalue weighted by atomic mass is 10.1. The molecule has 25 heavy (non-hydrogen) atoms. The van der Waals surface area contributed by atoms with Crippen LogP contribution >= 0.6 is 0 Å². The topological polar surface area (TPSA) is 72.9 Å². The summed E-state index contributed by atoms with van der Waals surface area (Å²) in [6, 6.07) is 13.1. The van der Waals surface area contributed by atoms with Crippen molar-refractivity contribution in [2.45, 2.75) is 13.0 Å². The fourth-order valence-corrected chi connectivity index (χ4v) is 2.61. The lowest BCUT2D eigenvalue weighted by Crippen LogP contribution is -2.44. The third kappa shape index (κ3) is 3.24. The second-order valence-electron chi connectivity index (χ2n) is 5.64. The summed E-state index contributed by atoms with van der Waals surface area (Å²) in [4.78, 5) is 38.7. The second kappa shape index (κ2) is 6.76. The van der Waals surface area contributed by atoms with Gasteiger partial charge in [-0.2, -0.15) is 0 Å². The van der Waals surface area contributed by atoms with Crippen LogP contribution in [0.3, 0.4) is 0 Å². The zero-order chi connectivity index (χ0) is 18.0. The number of nitrogens with zero attached hydrogens (tertiary/aromatic N) is 1. The van der Waals surface area contributed by atoms with Crippen molar-refractivity contribution in [2.24, 2.45) is 0 Å². The summed E-state index contributed by atoms with van der Waals surface area (Å²) in [5.74, 6) is -0.451. The molecule has 0 spiro atoms. The highest BCUT2D eigenvalue weighted by atomic mass is 16.5. The first-order valence-corrected chi connectivity index (χ1v) is 7.80. The van der Waals surface area contributed by atoms with Gasteiger partial charge in [-0.05, 0) is 43.3 Å². The van der Waals surface area contributed by atoms with Crippen LogP contribution in [0.5, 0.6) is 11.5 Å². The van der Waals surface area contributed by atoms with Crippen LogP contribution in [0, 0.1) is 0 Å². The largest absolute Gasteiger partial charge is 0.497 e. The minimum absolute atomic E-state index is 0.266. The van der Waals surface area contributed by atoms with Crippen molar-refractivity contribution >= 4 is 17.6 Å². The number of hydrogen-bond donors (Lipinski definition) is 0. The maximum Gasteiger partial charge on any atom is 0.270 e. The highest BCUT2D eigenvalue weighted by molar-refractivity contribution is 6.12. The molecule has 2 aromatic rings. The molecule has 1 aliphatic heterocycles. The summed E-state index contributed by atoms with van der Waals surface area (Å²) in [6.45, 7) is 1.22. The van der Waals surface area contributed by atoms with Crippen LogP contribution < -0.4 is 9.47 Å². The van der Waals surface area contributed by atoms with Crippen molar-refractivity contribution in [1.29, 1.82) is 0 Å². The molecule has 0 bridgehead atoms. The normalized spacial score (nSPS) is 16.7. The molecule has 0 saturated heterocycles. The summed E-state index contributed by atoms with van der Waals surface area (Å²) in [5, 5.41) is 0. The van der Waals surface area contributed by atoms with E-state index in [1.165, 1.54) is 7.11 Å². The highest BCUT2D eigenvalue weighted by Gasteiger charge is 2.35. The number of ketones is 1. The summed E-state index contributed by atoms with van der Waals surface area (Å²) in [5.41, 5.74) is 0.662. The van der Waals surface area contributed by atoms with E-state index in [9.17, 15) is 14.4 Å². The first kappa shape index (κ1) is 16.7. The van der Waals surface area contributed by atoms with Gasteiger partial charge in [-0.25, -0.2) is 0 Å². The van der Waals surface area contributed by atoms with Crippen molar-refractivity contribution in [1.82, 2.24) is 4.90 Å². The van der Waals surface area contributed by atoms with Gasteiger partial charge >= 0.3 is 0 Å². The fraction of sp³-hybridized carbons (Fsp3) is 0.211. The number of para-hydroxylation sites is 1. The monoisotopic (exact) mass is 339 g/mol. The van der Waals surface area contributed by atoms with Crippen molar-refractivity contribution in [2.75, 3.05) is 13.7 Å². The number of fused-ring (bicyclic) bond motifs is 1. The zero-order valence-electron chi connectivity index (χ0n) is 13.9. The van der Waals surface area contributed by atoms with E-state index in [1.807, 2.05) is 0 Å². The molecule has 128 valence electrons. The Hall–Kier alpha value is -3.15. The first-order chi connectivity index (χ1) is 12.0. The van der Waals surface area contributed by atoms with E-state index in [2.05, 4.69) is 0 Å². The lowest BCUT2D eigenvalue weighted by molar-refractivity contribution is -0.134. The Labute approximate surface area is 145 Å². The zero-order valence-corrected chi connectivity index (χ0v) is 13.9. The van der Waals surface area contributed by atoms with Crippen molar-refractivity contribution < 1.29 is 23.9 Å². The Morgan fingerprint density at radius 2 is 1.80 bits per heavy atom. The van der Waals surface area contributed by atoms with E-state index in [1.54, 1.807) is 55.5 Å². The highest BCUT2D eigenvalue weighted by Crippen LogP contribution is 2.25. The standard InChI is InChI=1S/C19H17NO5/c1-12-18(22)20(19(23)15-5-3-4-6-17(15)25-12)11-16(21)13-7-9-14(24-2)10-8-13/h3-10,12H,11H2,1-2H3/t12-/m1/s1. The molecule has 1 atom stereocenters. The molecular formula is C19H17NO5. The van der Waals surface area contributed by atoms with Gasteiger partial charge in [-0.1, -0.05) is 12.1 Å². The summed E-state index contributed by atoms with van der Waals surface area (Å²) < 4.78 is 10.6. The molecular weight excluding hydrogens is 322 g/mol. The van der Waals surface area contributed by atoms with E-state index in [0.717, 1.165) is 4.90 Å². The quantitative estimate of drug-likeness (QED) is 0.631. The number of ether oxygens (including phenoxy) is 2.